The van der Waals surface area contributed by atoms with Gasteiger partial charge in [0, 0.05) is 31.7 Å². The Hall–Kier alpha value is -1.10. The van der Waals surface area contributed by atoms with Gasteiger partial charge in [-0.15, -0.1) is 0 Å². The van der Waals surface area contributed by atoms with Gasteiger partial charge in [-0.05, 0) is 27.0 Å². The van der Waals surface area contributed by atoms with Crippen molar-refractivity contribution in [2.45, 2.75) is 26.0 Å². The van der Waals surface area contributed by atoms with Gasteiger partial charge in [-0.1, -0.05) is 18.2 Å². The Morgan fingerprint density at radius 3 is 2.90 bits per heavy atom. The first-order chi connectivity index (χ1) is 9.61. The number of rotatable bonds is 6. The molecule has 0 atom stereocenters. The lowest BCUT2D eigenvalue weighted by molar-refractivity contribution is -0.0875. The Kier molecular flexibility index (Phi) is 5.40. The van der Waals surface area contributed by atoms with Gasteiger partial charge in [0.2, 0.25) is 0 Å². The van der Waals surface area contributed by atoms with Crippen LogP contribution in [0, 0.1) is 0 Å². The third-order valence-corrected chi connectivity index (χ3v) is 3.51. The van der Waals surface area contributed by atoms with Crippen LogP contribution in [-0.2, 0) is 11.3 Å². The van der Waals surface area contributed by atoms with Crippen molar-refractivity contribution < 1.29 is 9.47 Å². The fraction of sp³-hybridized carbons (Fsp3) is 0.625. The second kappa shape index (κ2) is 7.07. The van der Waals surface area contributed by atoms with Crippen LogP contribution in [0.2, 0.25) is 0 Å². The Labute approximate surface area is 122 Å². The molecule has 0 spiro atoms. The number of nitrogens with zero attached hydrogens (tertiary/aromatic N) is 1. The summed E-state index contributed by atoms with van der Waals surface area (Å²) < 4.78 is 11.7. The van der Waals surface area contributed by atoms with E-state index in [4.69, 9.17) is 9.47 Å². The minimum absolute atomic E-state index is 0.0394. The maximum Gasteiger partial charge on any atom is 0.123 e. The monoisotopic (exact) mass is 278 g/mol. The third kappa shape index (κ3) is 4.47. The zero-order chi connectivity index (χ0) is 14.4. The fourth-order valence-electron chi connectivity index (χ4n) is 2.57. The van der Waals surface area contributed by atoms with Crippen molar-refractivity contribution in [2.75, 3.05) is 39.9 Å². The zero-order valence-corrected chi connectivity index (χ0v) is 12.8. The standard InChI is InChI=1S/C16H26N2O2/c1-16(2)13-18(9-11-20-16)8-10-19-15-7-5-4-6-14(15)12-17-3/h4-7,17H,8-13H2,1-3H3. The predicted molar refractivity (Wildman–Crippen MR) is 81.2 cm³/mol. The molecule has 112 valence electrons. The molecule has 1 heterocycles. The molecule has 0 radical (unpaired) electrons. The molecule has 0 amide bonds. The average molecular weight is 278 g/mol. The molecule has 0 saturated carbocycles. The van der Waals surface area contributed by atoms with E-state index in [0.29, 0.717) is 0 Å². The van der Waals surface area contributed by atoms with Crippen LogP contribution in [0.4, 0.5) is 0 Å². The molecule has 0 unspecified atom stereocenters. The highest BCUT2D eigenvalue weighted by molar-refractivity contribution is 5.33. The molecule has 2 rings (SSSR count). The summed E-state index contributed by atoms with van der Waals surface area (Å²) in [5.74, 6) is 0.981. The largest absolute Gasteiger partial charge is 0.492 e. The summed E-state index contributed by atoms with van der Waals surface area (Å²) in [5, 5.41) is 3.17. The van der Waals surface area contributed by atoms with Gasteiger partial charge in [-0.3, -0.25) is 4.90 Å². The maximum atomic E-state index is 5.94. The van der Waals surface area contributed by atoms with Gasteiger partial charge in [0.1, 0.15) is 12.4 Å². The SMILES string of the molecule is CNCc1ccccc1OCCN1CCOC(C)(C)C1. The van der Waals surface area contributed by atoms with Crippen molar-refractivity contribution >= 4 is 0 Å². The van der Waals surface area contributed by atoms with E-state index in [1.165, 1.54) is 5.56 Å². The zero-order valence-electron chi connectivity index (χ0n) is 12.8. The molecule has 4 nitrogen and oxygen atoms in total. The molecule has 20 heavy (non-hydrogen) atoms. The van der Waals surface area contributed by atoms with Gasteiger partial charge < -0.3 is 14.8 Å². The number of hydrogen-bond acceptors (Lipinski definition) is 4. The summed E-state index contributed by atoms with van der Waals surface area (Å²) in [6, 6.07) is 8.20. The van der Waals surface area contributed by atoms with Crippen molar-refractivity contribution in [3.05, 3.63) is 29.8 Å². The fourth-order valence-corrected chi connectivity index (χ4v) is 2.57. The molecule has 1 aromatic rings. The average Bonchev–Trinajstić information content (AvgIpc) is 2.40. The number of hydrogen-bond donors (Lipinski definition) is 1. The minimum Gasteiger partial charge on any atom is -0.492 e. The van der Waals surface area contributed by atoms with E-state index in [2.05, 4.69) is 30.1 Å². The summed E-state index contributed by atoms with van der Waals surface area (Å²) in [4.78, 5) is 2.41. The van der Waals surface area contributed by atoms with E-state index >= 15 is 0 Å². The Morgan fingerprint density at radius 1 is 1.35 bits per heavy atom. The molecular formula is C16H26N2O2. The van der Waals surface area contributed by atoms with E-state index < -0.39 is 0 Å². The van der Waals surface area contributed by atoms with Gasteiger partial charge in [0.05, 0.1) is 12.2 Å². The Balaban J connectivity index is 1.81. The second-order valence-corrected chi connectivity index (χ2v) is 5.87. The van der Waals surface area contributed by atoms with Crippen molar-refractivity contribution in [3.8, 4) is 5.75 Å². The molecule has 1 fully saturated rings. The maximum absolute atomic E-state index is 5.94. The normalized spacial score (nSPS) is 18.9. The smallest absolute Gasteiger partial charge is 0.123 e. The lowest BCUT2D eigenvalue weighted by atomic mass is 10.1. The van der Waals surface area contributed by atoms with Crippen LogP contribution in [0.25, 0.3) is 0 Å². The summed E-state index contributed by atoms with van der Waals surface area (Å²) in [6.45, 7) is 9.55. The molecule has 4 heteroatoms. The highest BCUT2D eigenvalue weighted by Crippen LogP contribution is 2.19. The molecule has 1 aliphatic heterocycles. The van der Waals surface area contributed by atoms with Gasteiger partial charge in [0.15, 0.2) is 0 Å². The van der Waals surface area contributed by atoms with E-state index in [1.807, 2.05) is 25.2 Å². The van der Waals surface area contributed by atoms with Crippen LogP contribution < -0.4 is 10.1 Å². The first-order valence-electron chi connectivity index (χ1n) is 7.32. The highest BCUT2D eigenvalue weighted by Gasteiger charge is 2.26. The van der Waals surface area contributed by atoms with Crippen LogP contribution in [-0.4, -0.2) is 50.4 Å². The Bertz CT molecular complexity index is 421. The summed E-state index contributed by atoms with van der Waals surface area (Å²) >= 11 is 0. The van der Waals surface area contributed by atoms with E-state index in [9.17, 15) is 0 Å². The molecule has 0 aromatic heterocycles. The van der Waals surface area contributed by atoms with Crippen LogP contribution in [0.15, 0.2) is 24.3 Å². The minimum atomic E-state index is -0.0394. The van der Waals surface area contributed by atoms with Gasteiger partial charge in [0.25, 0.3) is 0 Å². The van der Waals surface area contributed by atoms with Crippen molar-refractivity contribution in [1.29, 1.82) is 0 Å². The first kappa shape index (κ1) is 15.3. The van der Waals surface area contributed by atoms with Crippen LogP contribution in [0.3, 0.4) is 0 Å². The highest BCUT2D eigenvalue weighted by atomic mass is 16.5. The molecule has 1 aromatic carbocycles. The van der Waals surface area contributed by atoms with Crippen LogP contribution >= 0.6 is 0 Å². The lowest BCUT2D eigenvalue weighted by Gasteiger charge is -2.38. The van der Waals surface area contributed by atoms with Gasteiger partial charge in [-0.25, -0.2) is 0 Å². The number of ether oxygens (including phenoxy) is 2. The molecule has 1 saturated heterocycles. The number of para-hydroxylation sites is 1. The first-order valence-corrected chi connectivity index (χ1v) is 7.32. The number of nitrogens with one attached hydrogen (secondary N) is 1. The van der Waals surface area contributed by atoms with Crippen LogP contribution in [0.1, 0.15) is 19.4 Å². The summed E-state index contributed by atoms with van der Waals surface area (Å²) in [5.41, 5.74) is 1.17. The summed E-state index contributed by atoms with van der Waals surface area (Å²) in [7, 11) is 1.95. The van der Waals surface area contributed by atoms with Crippen molar-refractivity contribution in [2.24, 2.45) is 0 Å². The Morgan fingerprint density at radius 2 is 2.15 bits per heavy atom. The van der Waals surface area contributed by atoms with Crippen molar-refractivity contribution in [3.63, 3.8) is 0 Å². The topological polar surface area (TPSA) is 33.7 Å². The third-order valence-electron chi connectivity index (χ3n) is 3.51. The van der Waals surface area contributed by atoms with Gasteiger partial charge >= 0.3 is 0 Å². The van der Waals surface area contributed by atoms with Gasteiger partial charge in [-0.2, -0.15) is 0 Å². The predicted octanol–water partition coefficient (Wildman–Crippen LogP) is 1.90. The van der Waals surface area contributed by atoms with E-state index in [0.717, 1.165) is 45.1 Å². The molecular weight excluding hydrogens is 252 g/mol. The van der Waals surface area contributed by atoms with Crippen LogP contribution in [0.5, 0.6) is 5.75 Å². The second-order valence-electron chi connectivity index (χ2n) is 5.87. The molecule has 1 N–H and O–H groups in total. The van der Waals surface area contributed by atoms with Crippen molar-refractivity contribution in [1.82, 2.24) is 10.2 Å². The lowest BCUT2D eigenvalue weighted by Crippen LogP contribution is -2.49. The summed E-state index contributed by atoms with van der Waals surface area (Å²) in [6.07, 6.45) is 0. The molecule has 1 aliphatic rings. The van der Waals surface area contributed by atoms with E-state index in [-0.39, 0.29) is 5.60 Å². The molecule has 0 aliphatic carbocycles. The quantitative estimate of drug-likeness (QED) is 0.861. The number of benzene rings is 1. The van der Waals surface area contributed by atoms with E-state index in [1.54, 1.807) is 0 Å². The number of morpholine rings is 1. The molecule has 0 bridgehead atoms.